The molecule has 5 nitrogen and oxygen atoms in total. The van der Waals surface area contributed by atoms with Crippen molar-refractivity contribution in [2.24, 2.45) is 0 Å². The van der Waals surface area contributed by atoms with Gasteiger partial charge < -0.3 is 5.11 Å². The van der Waals surface area contributed by atoms with Gasteiger partial charge in [-0.15, -0.1) is 11.3 Å². The maximum absolute atomic E-state index is 11.2. The molecule has 4 rings (SSSR count). The molecule has 126 valence electrons. The van der Waals surface area contributed by atoms with Gasteiger partial charge in [-0.2, -0.15) is 5.10 Å². The number of thiazole rings is 1. The lowest BCUT2D eigenvalue weighted by Gasteiger charge is -2.06. The highest BCUT2D eigenvalue weighted by molar-refractivity contribution is 7.12. The van der Waals surface area contributed by atoms with Crippen LogP contribution in [0.3, 0.4) is 0 Å². The molecule has 2 heterocycles. The van der Waals surface area contributed by atoms with Crippen LogP contribution in [0.1, 0.15) is 41.0 Å². The van der Waals surface area contributed by atoms with Crippen molar-refractivity contribution >= 4 is 22.9 Å². The first kappa shape index (κ1) is 15.8. The summed E-state index contributed by atoms with van der Waals surface area (Å²) in [6, 6.07) is 10.0. The average molecular weight is 351 g/mol. The van der Waals surface area contributed by atoms with Crippen LogP contribution in [0.4, 0.5) is 0 Å². The Balaban J connectivity index is 1.91. The monoisotopic (exact) mass is 351 g/mol. The Kier molecular flexibility index (Phi) is 3.97. The van der Waals surface area contributed by atoms with Crippen LogP contribution in [0.15, 0.2) is 41.8 Å². The molecule has 0 unspecified atom stereocenters. The first-order valence-corrected chi connectivity index (χ1v) is 9.07. The van der Waals surface area contributed by atoms with Crippen LogP contribution >= 0.6 is 11.3 Å². The number of hydrogen-bond acceptors (Lipinski definition) is 4. The van der Waals surface area contributed by atoms with Crippen LogP contribution in [0.25, 0.3) is 22.0 Å². The molecule has 1 aromatic carbocycles. The topological polar surface area (TPSA) is 68.0 Å². The van der Waals surface area contributed by atoms with Gasteiger partial charge in [-0.05, 0) is 31.8 Å². The molecule has 0 spiro atoms. The highest BCUT2D eigenvalue weighted by atomic mass is 32.1. The molecule has 1 N–H and O–H groups in total. The minimum Gasteiger partial charge on any atom is -0.476 e. The van der Waals surface area contributed by atoms with E-state index >= 15 is 0 Å². The fourth-order valence-corrected chi connectivity index (χ4v) is 3.98. The SMILES string of the molecule is Cc1c(-c2ccccc2)nn(-c2nc(C(=O)O)cs2)c1C1=CCCC1. The number of rotatable bonds is 4. The van der Waals surface area contributed by atoms with Crippen molar-refractivity contribution in [3.05, 3.63) is 58.7 Å². The molecule has 0 aliphatic heterocycles. The lowest BCUT2D eigenvalue weighted by atomic mass is 10.0. The van der Waals surface area contributed by atoms with Crippen LogP contribution in [0, 0.1) is 6.92 Å². The standard InChI is InChI=1S/C19H17N3O2S/c1-12-16(13-7-3-2-4-8-13)21-22(17(12)14-9-5-6-10-14)19-20-15(11-25-19)18(23)24/h2-4,7-9,11H,5-6,10H2,1H3,(H,23,24). The van der Waals surface area contributed by atoms with Crippen LogP contribution in [0.2, 0.25) is 0 Å². The zero-order chi connectivity index (χ0) is 17.4. The molecule has 3 aromatic rings. The molecule has 2 aromatic heterocycles. The van der Waals surface area contributed by atoms with Gasteiger partial charge >= 0.3 is 5.97 Å². The molecule has 0 saturated carbocycles. The summed E-state index contributed by atoms with van der Waals surface area (Å²) in [6.07, 6.45) is 5.47. The van der Waals surface area contributed by atoms with Crippen LogP contribution in [-0.2, 0) is 0 Å². The third-order valence-electron chi connectivity index (χ3n) is 4.41. The van der Waals surface area contributed by atoms with Gasteiger partial charge in [0.05, 0.1) is 11.4 Å². The van der Waals surface area contributed by atoms with Crippen molar-refractivity contribution in [1.82, 2.24) is 14.8 Å². The zero-order valence-electron chi connectivity index (χ0n) is 13.8. The number of nitrogens with zero attached hydrogens (tertiary/aromatic N) is 3. The van der Waals surface area contributed by atoms with Gasteiger partial charge in [0.25, 0.3) is 0 Å². The predicted octanol–water partition coefficient (Wildman–Crippen LogP) is 4.57. The highest BCUT2D eigenvalue weighted by Gasteiger charge is 2.23. The summed E-state index contributed by atoms with van der Waals surface area (Å²) in [7, 11) is 0. The quantitative estimate of drug-likeness (QED) is 0.747. The molecular weight excluding hydrogens is 334 g/mol. The van der Waals surface area contributed by atoms with Crippen molar-refractivity contribution in [1.29, 1.82) is 0 Å². The highest BCUT2D eigenvalue weighted by Crippen LogP contribution is 2.36. The molecule has 1 aliphatic carbocycles. The lowest BCUT2D eigenvalue weighted by Crippen LogP contribution is -2.03. The molecule has 0 radical (unpaired) electrons. The molecule has 0 atom stereocenters. The number of hydrogen-bond donors (Lipinski definition) is 1. The summed E-state index contributed by atoms with van der Waals surface area (Å²) in [5, 5.41) is 16.1. The van der Waals surface area contributed by atoms with Crippen molar-refractivity contribution < 1.29 is 9.90 Å². The molecule has 0 fully saturated rings. The van der Waals surface area contributed by atoms with Gasteiger partial charge in [-0.25, -0.2) is 14.5 Å². The van der Waals surface area contributed by atoms with E-state index in [9.17, 15) is 4.79 Å². The number of carboxylic acids is 1. The van der Waals surface area contributed by atoms with Crippen molar-refractivity contribution in [2.75, 3.05) is 0 Å². The van der Waals surface area contributed by atoms with Gasteiger partial charge in [0.1, 0.15) is 0 Å². The molecule has 0 amide bonds. The van der Waals surface area contributed by atoms with Gasteiger partial charge in [0, 0.05) is 16.5 Å². The van der Waals surface area contributed by atoms with E-state index in [2.05, 4.69) is 18.0 Å². The zero-order valence-corrected chi connectivity index (χ0v) is 14.6. The van der Waals surface area contributed by atoms with E-state index in [4.69, 9.17) is 10.2 Å². The summed E-state index contributed by atoms with van der Waals surface area (Å²) >= 11 is 1.30. The third kappa shape index (κ3) is 2.78. The van der Waals surface area contributed by atoms with Gasteiger partial charge in [0.2, 0.25) is 5.13 Å². The van der Waals surface area contributed by atoms with Gasteiger partial charge in [0.15, 0.2) is 5.69 Å². The predicted molar refractivity (Wildman–Crippen MR) is 98.2 cm³/mol. The maximum atomic E-state index is 11.2. The fraction of sp³-hybridized carbons (Fsp3) is 0.211. The summed E-state index contributed by atoms with van der Waals surface area (Å²) < 4.78 is 1.81. The van der Waals surface area contributed by atoms with Crippen molar-refractivity contribution in [3.63, 3.8) is 0 Å². The Morgan fingerprint density at radius 3 is 2.72 bits per heavy atom. The number of aromatic carboxylic acids is 1. The molecule has 0 saturated heterocycles. The summed E-state index contributed by atoms with van der Waals surface area (Å²) in [5.41, 5.74) is 5.43. The fourth-order valence-electron chi connectivity index (χ4n) is 3.23. The largest absolute Gasteiger partial charge is 0.476 e. The first-order chi connectivity index (χ1) is 12.1. The molecule has 6 heteroatoms. The summed E-state index contributed by atoms with van der Waals surface area (Å²) in [6.45, 7) is 2.08. The Labute approximate surface area is 149 Å². The second-order valence-corrected chi connectivity index (χ2v) is 6.88. The van der Waals surface area contributed by atoms with E-state index in [0.29, 0.717) is 5.13 Å². The van der Waals surface area contributed by atoms with Crippen LogP contribution in [0.5, 0.6) is 0 Å². The van der Waals surface area contributed by atoms with Crippen molar-refractivity contribution in [3.8, 4) is 16.4 Å². The first-order valence-electron chi connectivity index (χ1n) is 8.19. The summed E-state index contributed by atoms with van der Waals surface area (Å²) in [4.78, 5) is 15.4. The number of carbonyl (C=O) groups is 1. The molecule has 25 heavy (non-hydrogen) atoms. The Morgan fingerprint density at radius 2 is 2.08 bits per heavy atom. The minimum absolute atomic E-state index is 0.0563. The number of carboxylic acid groups (broad SMARTS) is 1. The Hall–Kier alpha value is -2.73. The van der Waals surface area contributed by atoms with Crippen LogP contribution in [-0.4, -0.2) is 25.8 Å². The lowest BCUT2D eigenvalue weighted by molar-refractivity contribution is 0.0691. The van der Waals surface area contributed by atoms with E-state index in [-0.39, 0.29) is 5.69 Å². The smallest absolute Gasteiger partial charge is 0.355 e. The third-order valence-corrected chi connectivity index (χ3v) is 5.22. The normalized spacial score (nSPS) is 13.9. The number of allylic oxidation sites excluding steroid dienone is 2. The molecule has 1 aliphatic rings. The summed E-state index contributed by atoms with van der Waals surface area (Å²) in [5.74, 6) is -1.02. The molecular formula is C19H17N3O2S. The second kappa shape index (κ2) is 6.29. The van der Waals surface area contributed by atoms with E-state index < -0.39 is 5.97 Å². The number of aromatic nitrogens is 3. The Morgan fingerprint density at radius 1 is 1.28 bits per heavy atom. The van der Waals surface area contributed by atoms with Crippen molar-refractivity contribution in [2.45, 2.75) is 26.2 Å². The number of benzene rings is 1. The average Bonchev–Trinajstić information content (AvgIpc) is 3.34. The van der Waals surface area contributed by atoms with Crippen LogP contribution < -0.4 is 0 Å². The maximum Gasteiger partial charge on any atom is 0.355 e. The van der Waals surface area contributed by atoms with Gasteiger partial charge in [-0.1, -0.05) is 36.4 Å². The van der Waals surface area contributed by atoms with E-state index in [0.717, 1.165) is 41.8 Å². The van der Waals surface area contributed by atoms with Gasteiger partial charge in [-0.3, -0.25) is 0 Å². The minimum atomic E-state index is -1.02. The van der Waals surface area contributed by atoms with E-state index in [1.807, 2.05) is 35.0 Å². The second-order valence-electron chi connectivity index (χ2n) is 6.04. The van der Waals surface area contributed by atoms with E-state index in [1.54, 1.807) is 5.38 Å². The van der Waals surface area contributed by atoms with E-state index in [1.165, 1.54) is 16.9 Å². The molecule has 0 bridgehead atoms. The Bertz CT molecular complexity index is 970.